The van der Waals surface area contributed by atoms with E-state index in [-0.39, 0.29) is 0 Å². The fourth-order valence-electron chi connectivity index (χ4n) is 4.28. The molecule has 0 aliphatic heterocycles. The Morgan fingerprint density at radius 1 is 0.500 bits per heavy atom. The number of hydrogen-bond donors (Lipinski definition) is 0. The van der Waals surface area contributed by atoms with Gasteiger partial charge in [0.25, 0.3) is 0 Å². The van der Waals surface area contributed by atoms with Crippen LogP contribution in [0.4, 0.5) is 0 Å². The molecule has 2 aliphatic carbocycles. The molecule has 6 rings (SSSR count). The van der Waals surface area contributed by atoms with Crippen molar-refractivity contribution in [2.24, 2.45) is 0 Å². The predicted molar refractivity (Wildman–Crippen MR) is 104 cm³/mol. The van der Waals surface area contributed by atoms with Gasteiger partial charge in [0.2, 0.25) is 0 Å². The Bertz CT molecular complexity index is 1240. The molecule has 0 nitrogen and oxygen atoms in total. The summed E-state index contributed by atoms with van der Waals surface area (Å²) in [6.45, 7) is 0. The van der Waals surface area contributed by atoms with Gasteiger partial charge in [-0.2, -0.15) is 0 Å². The van der Waals surface area contributed by atoms with Crippen LogP contribution in [0, 0.1) is 0 Å². The molecule has 0 radical (unpaired) electrons. The Kier molecular flexibility index (Phi) is 2.18. The Morgan fingerprint density at radius 2 is 1.21 bits per heavy atom. The highest BCUT2D eigenvalue weighted by molar-refractivity contribution is 6.30. The monoisotopic (exact) mass is 302 g/mol. The molecule has 0 atom stereocenters. The van der Waals surface area contributed by atoms with Crippen molar-refractivity contribution in [1.82, 2.24) is 0 Å². The topological polar surface area (TPSA) is 0 Å². The molecule has 0 saturated heterocycles. The third kappa shape index (κ3) is 1.43. The first-order chi connectivity index (χ1) is 11.9. The molecule has 4 aromatic carbocycles. The van der Waals surface area contributed by atoms with E-state index in [9.17, 15) is 0 Å². The SMILES string of the molecule is C1=C2C(=Cc3c2ccc2ccccc32)c2c1ccc1ccccc21. The van der Waals surface area contributed by atoms with E-state index in [1.165, 1.54) is 54.9 Å². The third-order valence-electron chi connectivity index (χ3n) is 5.37. The minimum atomic E-state index is 1.31. The van der Waals surface area contributed by atoms with Crippen LogP contribution in [0.2, 0.25) is 0 Å². The molecule has 24 heavy (non-hydrogen) atoms. The maximum atomic E-state index is 2.39. The molecule has 0 aromatic heterocycles. The average Bonchev–Trinajstić information content (AvgIpc) is 3.17. The summed E-state index contributed by atoms with van der Waals surface area (Å²) in [6, 6.07) is 26.4. The molecule has 0 amide bonds. The lowest BCUT2D eigenvalue weighted by Gasteiger charge is -2.06. The summed E-state index contributed by atoms with van der Waals surface area (Å²) < 4.78 is 0. The standard InChI is InChI=1S/C24H14/c1-3-7-18-15(5-1)11-12-20-21-13-17-10-9-16-6-2-4-8-19(16)24(17)23(21)14-22(18)20/h1-14H. The molecular formula is C24H14. The van der Waals surface area contributed by atoms with Crippen molar-refractivity contribution in [3.8, 4) is 0 Å². The fraction of sp³-hybridized carbons (Fsp3) is 0. The quantitative estimate of drug-likeness (QED) is 0.352. The average molecular weight is 302 g/mol. The van der Waals surface area contributed by atoms with Crippen LogP contribution < -0.4 is 0 Å². The first-order valence-electron chi connectivity index (χ1n) is 8.38. The highest BCUT2D eigenvalue weighted by Gasteiger charge is 2.28. The van der Waals surface area contributed by atoms with E-state index in [0.717, 1.165) is 0 Å². The van der Waals surface area contributed by atoms with Gasteiger partial charge in [0.1, 0.15) is 0 Å². The molecule has 0 unspecified atom stereocenters. The third-order valence-corrected chi connectivity index (χ3v) is 5.37. The van der Waals surface area contributed by atoms with E-state index in [2.05, 4.69) is 84.9 Å². The summed E-state index contributed by atoms with van der Waals surface area (Å²) >= 11 is 0. The molecule has 0 heterocycles. The highest BCUT2D eigenvalue weighted by atomic mass is 14.3. The number of hydrogen-bond acceptors (Lipinski definition) is 0. The summed E-state index contributed by atoms with van der Waals surface area (Å²) in [5, 5.41) is 5.32. The lowest BCUT2D eigenvalue weighted by Crippen LogP contribution is -1.84. The van der Waals surface area contributed by atoms with Crippen LogP contribution in [-0.2, 0) is 0 Å². The van der Waals surface area contributed by atoms with Crippen molar-refractivity contribution in [3.05, 3.63) is 95.1 Å². The van der Waals surface area contributed by atoms with Crippen molar-refractivity contribution in [2.45, 2.75) is 0 Å². The summed E-state index contributed by atoms with van der Waals surface area (Å²) in [7, 11) is 0. The number of rotatable bonds is 0. The van der Waals surface area contributed by atoms with Gasteiger partial charge in [0, 0.05) is 0 Å². The molecule has 0 fully saturated rings. The second-order valence-corrected chi connectivity index (χ2v) is 6.61. The summed E-state index contributed by atoms with van der Waals surface area (Å²) in [5.41, 5.74) is 8.23. The van der Waals surface area contributed by atoms with E-state index < -0.39 is 0 Å². The van der Waals surface area contributed by atoms with Crippen LogP contribution in [0.5, 0.6) is 0 Å². The Balaban J connectivity index is 1.71. The minimum Gasteiger partial charge on any atom is -0.0616 e. The molecule has 0 saturated carbocycles. The molecule has 0 spiro atoms. The normalized spacial score (nSPS) is 14.3. The van der Waals surface area contributed by atoms with Gasteiger partial charge in [-0.05, 0) is 67.1 Å². The lowest BCUT2D eigenvalue weighted by atomic mass is 9.97. The first kappa shape index (κ1) is 12.3. The Labute approximate surface area is 140 Å². The van der Waals surface area contributed by atoms with E-state index in [1.807, 2.05) is 0 Å². The van der Waals surface area contributed by atoms with Gasteiger partial charge in [0.05, 0.1) is 0 Å². The summed E-state index contributed by atoms with van der Waals surface area (Å²) in [4.78, 5) is 0. The van der Waals surface area contributed by atoms with Crippen LogP contribution in [0.15, 0.2) is 72.8 Å². The minimum absolute atomic E-state index is 1.31. The molecule has 4 aromatic rings. The van der Waals surface area contributed by atoms with E-state index >= 15 is 0 Å². The summed E-state index contributed by atoms with van der Waals surface area (Å²) in [6.07, 6.45) is 4.75. The van der Waals surface area contributed by atoms with Crippen LogP contribution >= 0.6 is 0 Å². The molecule has 0 bridgehead atoms. The van der Waals surface area contributed by atoms with Gasteiger partial charge in [0.15, 0.2) is 0 Å². The molecular weight excluding hydrogens is 288 g/mol. The molecule has 110 valence electrons. The van der Waals surface area contributed by atoms with Gasteiger partial charge >= 0.3 is 0 Å². The molecule has 2 aliphatic rings. The molecule has 0 heteroatoms. The molecule has 0 N–H and O–H groups in total. The number of benzene rings is 4. The van der Waals surface area contributed by atoms with Crippen molar-refractivity contribution in [1.29, 1.82) is 0 Å². The maximum Gasteiger partial charge on any atom is -0.00262 e. The highest BCUT2D eigenvalue weighted by Crippen LogP contribution is 2.51. The summed E-state index contributed by atoms with van der Waals surface area (Å²) in [5.74, 6) is 0. The van der Waals surface area contributed by atoms with Crippen LogP contribution in [-0.4, -0.2) is 0 Å². The van der Waals surface area contributed by atoms with Crippen molar-refractivity contribution >= 4 is 44.8 Å². The van der Waals surface area contributed by atoms with Gasteiger partial charge in [-0.25, -0.2) is 0 Å². The van der Waals surface area contributed by atoms with E-state index in [0.29, 0.717) is 0 Å². The van der Waals surface area contributed by atoms with Gasteiger partial charge in [-0.15, -0.1) is 0 Å². The predicted octanol–water partition coefficient (Wildman–Crippen LogP) is 6.40. The fourth-order valence-corrected chi connectivity index (χ4v) is 4.28. The zero-order valence-corrected chi connectivity index (χ0v) is 13.1. The zero-order chi connectivity index (χ0) is 15.7. The Morgan fingerprint density at radius 3 is 2.08 bits per heavy atom. The van der Waals surface area contributed by atoms with E-state index in [1.54, 1.807) is 0 Å². The largest absolute Gasteiger partial charge is 0.0616 e. The Hall–Kier alpha value is -3.12. The first-order valence-corrected chi connectivity index (χ1v) is 8.38. The second kappa shape index (κ2) is 4.24. The van der Waals surface area contributed by atoms with Gasteiger partial charge < -0.3 is 0 Å². The van der Waals surface area contributed by atoms with Crippen molar-refractivity contribution < 1.29 is 0 Å². The zero-order valence-electron chi connectivity index (χ0n) is 13.1. The second-order valence-electron chi connectivity index (χ2n) is 6.61. The smallest absolute Gasteiger partial charge is 0.00262 e. The van der Waals surface area contributed by atoms with E-state index in [4.69, 9.17) is 0 Å². The van der Waals surface area contributed by atoms with Crippen molar-refractivity contribution in [2.75, 3.05) is 0 Å². The van der Waals surface area contributed by atoms with Crippen LogP contribution in [0.25, 0.3) is 44.8 Å². The van der Waals surface area contributed by atoms with Gasteiger partial charge in [-0.3, -0.25) is 0 Å². The maximum absolute atomic E-state index is 2.39. The van der Waals surface area contributed by atoms with Crippen molar-refractivity contribution in [3.63, 3.8) is 0 Å². The number of allylic oxidation sites excluding steroid dienone is 2. The van der Waals surface area contributed by atoms with Gasteiger partial charge in [-0.1, -0.05) is 72.8 Å². The van der Waals surface area contributed by atoms with Crippen LogP contribution in [0.3, 0.4) is 0 Å². The van der Waals surface area contributed by atoms with Crippen LogP contribution in [0.1, 0.15) is 22.3 Å². The number of fused-ring (bicyclic) bond motifs is 9. The lowest BCUT2D eigenvalue weighted by molar-refractivity contribution is 1.67.